The van der Waals surface area contributed by atoms with Gasteiger partial charge in [-0.3, -0.25) is 19.8 Å². The summed E-state index contributed by atoms with van der Waals surface area (Å²) in [5.41, 5.74) is 1.94. The Balaban J connectivity index is 1.96. The van der Waals surface area contributed by atoms with Crippen molar-refractivity contribution in [3.05, 3.63) is 68.3 Å². The van der Waals surface area contributed by atoms with Crippen molar-refractivity contribution in [3.63, 3.8) is 0 Å². The van der Waals surface area contributed by atoms with Gasteiger partial charge in [0.25, 0.3) is 11.6 Å². The number of nitro groups is 1. The number of amides is 1. The van der Waals surface area contributed by atoms with Crippen molar-refractivity contribution in [2.45, 2.75) is 6.92 Å². The molecule has 0 N–H and O–H groups in total. The summed E-state index contributed by atoms with van der Waals surface area (Å²) in [6, 6.07) is 9.51. The van der Waals surface area contributed by atoms with Gasteiger partial charge in [-0.05, 0) is 54.1 Å². The van der Waals surface area contributed by atoms with Gasteiger partial charge in [-0.15, -0.1) is 0 Å². The maximum Gasteiger partial charge on any atom is 0.269 e. The van der Waals surface area contributed by atoms with E-state index in [1.807, 2.05) is 0 Å². The lowest BCUT2D eigenvalue weighted by molar-refractivity contribution is -0.384. The van der Waals surface area contributed by atoms with E-state index in [9.17, 15) is 14.9 Å². The topological polar surface area (TPSA) is 88.7 Å². The Morgan fingerprint density at radius 2 is 2.00 bits per heavy atom. The zero-order valence-corrected chi connectivity index (χ0v) is 15.4. The summed E-state index contributed by atoms with van der Waals surface area (Å²) in [4.78, 5) is 33.2. The number of carbonyl (C=O) groups excluding carboxylic acids is 1. The van der Waals surface area contributed by atoms with E-state index >= 15 is 0 Å². The van der Waals surface area contributed by atoms with Gasteiger partial charge in [0.05, 0.1) is 9.83 Å². The molecule has 0 saturated carbocycles. The standard InChI is InChI=1S/C17H13ClN4O3S/c1-10(11-5-7-12(8-6-11)22(24)25)14-16(23)21(2)17(26-14)20-13-4-3-9-19-15(13)18/h3-9H,1-2H3/b14-10-,20-17?. The van der Waals surface area contributed by atoms with E-state index in [2.05, 4.69) is 9.98 Å². The molecule has 132 valence electrons. The van der Waals surface area contributed by atoms with Gasteiger partial charge in [-0.1, -0.05) is 11.6 Å². The van der Waals surface area contributed by atoms with Crippen molar-refractivity contribution >= 4 is 51.4 Å². The number of nitrogens with zero attached hydrogens (tertiary/aromatic N) is 4. The molecule has 9 heteroatoms. The lowest BCUT2D eigenvalue weighted by atomic mass is 10.1. The molecular weight excluding hydrogens is 376 g/mol. The van der Waals surface area contributed by atoms with Crippen LogP contribution in [0.5, 0.6) is 0 Å². The summed E-state index contributed by atoms with van der Waals surface area (Å²) in [6.07, 6.45) is 1.56. The van der Waals surface area contributed by atoms with Crippen LogP contribution in [-0.2, 0) is 4.79 Å². The Bertz CT molecular complexity index is 957. The minimum Gasteiger partial charge on any atom is -0.290 e. The zero-order valence-electron chi connectivity index (χ0n) is 13.8. The molecule has 7 nitrogen and oxygen atoms in total. The lowest BCUT2D eigenvalue weighted by Gasteiger charge is -2.07. The second kappa shape index (κ2) is 7.27. The van der Waals surface area contributed by atoms with Crippen molar-refractivity contribution in [3.8, 4) is 0 Å². The number of benzene rings is 1. The molecule has 1 aliphatic heterocycles. The number of amidine groups is 1. The van der Waals surface area contributed by atoms with Gasteiger partial charge in [0.2, 0.25) is 0 Å². The molecule has 0 radical (unpaired) electrons. The first kappa shape index (κ1) is 18.1. The first-order chi connectivity index (χ1) is 12.4. The first-order valence-corrected chi connectivity index (χ1v) is 8.68. The minimum atomic E-state index is -0.460. The van der Waals surface area contributed by atoms with E-state index < -0.39 is 4.92 Å². The highest BCUT2D eigenvalue weighted by Crippen LogP contribution is 2.37. The Morgan fingerprint density at radius 1 is 1.31 bits per heavy atom. The van der Waals surface area contributed by atoms with Gasteiger partial charge in [-0.25, -0.2) is 9.98 Å². The van der Waals surface area contributed by atoms with Gasteiger partial charge in [0.1, 0.15) is 5.69 Å². The fourth-order valence-electron chi connectivity index (χ4n) is 2.31. The molecular formula is C17H13ClN4O3S. The fourth-order valence-corrected chi connectivity index (χ4v) is 3.51. The molecule has 1 fully saturated rings. The molecule has 0 spiro atoms. The predicted molar refractivity (Wildman–Crippen MR) is 102 cm³/mol. The van der Waals surface area contributed by atoms with Crippen molar-refractivity contribution < 1.29 is 9.72 Å². The number of thioether (sulfide) groups is 1. The molecule has 26 heavy (non-hydrogen) atoms. The second-order valence-corrected chi connectivity index (χ2v) is 6.77. The normalized spacial score (nSPS) is 17.7. The summed E-state index contributed by atoms with van der Waals surface area (Å²) >= 11 is 7.25. The Labute approximate surface area is 158 Å². The third kappa shape index (κ3) is 3.47. The maximum atomic E-state index is 12.6. The summed E-state index contributed by atoms with van der Waals surface area (Å²) in [5.74, 6) is -0.190. The highest BCUT2D eigenvalue weighted by Gasteiger charge is 2.32. The van der Waals surface area contributed by atoms with Crippen LogP contribution in [0.3, 0.4) is 0 Å². The Morgan fingerprint density at radius 3 is 2.62 bits per heavy atom. The molecule has 0 aliphatic carbocycles. The predicted octanol–water partition coefficient (Wildman–Crippen LogP) is 4.27. The van der Waals surface area contributed by atoms with Gasteiger partial charge < -0.3 is 0 Å². The number of nitro benzene ring substituents is 1. The average Bonchev–Trinajstić information content (AvgIpc) is 2.91. The molecule has 2 aromatic rings. The second-order valence-electron chi connectivity index (χ2n) is 5.43. The summed E-state index contributed by atoms with van der Waals surface area (Å²) in [5, 5.41) is 11.5. The Kier molecular flexibility index (Phi) is 5.06. The fraction of sp³-hybridized carbons (Fsp3) is 0.118. The number of pyridine rings is 1. The lowest BCUT2D eigenvalue weighted by Crippen LogP contribution is -2.23. The monoisotopic (exact) mass is 388 g/mol. The largest absolute Gasteiger partial charge is 0.290 e. The molecule has 1 aliphatic rings. The number of likely N-dealkylation sites (N-methyl/N-ethyl adjacent to an activating group) is 1. The van der Waals surface area contributed by atoms with Crippen LogP contribution < -0.4 is 0 Å². The third-order valence-corrected chi connectivity index (χ3v) is 5.31. The first-order valence-electron chi connectivity index (χ1n) is 7.49. The quantitative estimate of drug-likeness (QED) is 0.339. The van der Waals surface area contributed by atoms with Crippen LogP contribution in [0.1, 0.15) is 12.5 Å². The van der Waals surface area contributed by atoms with Crippen molar-refractivity contribution in [1.82, 2.24) is 9.88 Å². The molecule has 0 atom stereocenters. The van der Waals surface area contributed by atoms with Gasteiger partial charge in [-0.2, -0.15) is 0 Å². The summed E-state index contributed by atoms with van der Waals surface area (Å²) in [7, 11) is 1.63. The van der Waals surface area contributed by atoms with Gasteiger partial charge in [0, 0.05) is 25.4 Å². The van der Waals surface area contributed by atoms with E-state index in [1.165, 1.54) is 28.8 Å². The number of rotatable bonds is 3. The summed E-state index contributed by atoms with van der Waals surface area (Å²) < 4.78 is 0. The number of aliphatic imine (C=N–C) groups is 1. The highest BCUT2D eigenvalue weighted by atomic mass is 35.5. The SMILES string of the molecule is C/C(=C1/SC(=Nc2cccnc2Cl)N(C)C1=O)c1ccc([N+](=O)[O-])cc1. The smallest absolute Gasteiger partial charge is 0.269 e. The van der Waals surface area contributed by atoms with Crippen molar-refractivity contribution in [2.75, 3.05) is 7.05 Å². The number of aromatic nitrogens is 1. The minimum absolute atomic E-state index is 0.00235. The molecule has 0 unspecified atom stereocenters. The molecule has 1 amide bonds. The third-order valence-electron chi connectivity index (χ3n) is 3.79. The van der Waals surface area contributed by atoms with Crippen LogP contribution in [0.15, 0.2) is 52.5 Å². The molecule has 3 rings (SSSR count). The van der Waals surface area contributed by atoms with E-state index in [1.54, 1.807) is 44.4 Å². The number of hydrogen-bond acceptors (Lipinski definition) is 6. The van der Waals surface area contributed by atoms with Crippen LogP contribution in [0.25, 0.3) is 5.57 Å². The zero-order chi connectivity index (χ0) is 18.8. The van der Waals surface area contributed by atoms with E-state index in [-0.39, 0.29) is 16.7 Å². The van der Waals surface area contributed by atoms with E-state index in [0.29, 0.717) is 15.8 Å². The summed E-state index contributed by atoms with van der Waals surface area (Å²) in [6.45, 7) is 1.80. The number of halogens is 1. The van der Waals surface area contributed by atoms with Crippen LogP contribution >= 0.6 is 23.4 Å². The Hall–Kier alpha value is -2.71. The average molecular weight is 389 g/mol. The number of carbonyl (C=O) groups is 1. The molecule has 0 bridgehead atoms. The van der Waals surface area contributed by atoms with E-state index in [4.69, 9.17) is 11.6 Å². The van der Waals surface area contributed by atoms with Crippen LogP contribution in [-0.4, -0.2) is 32.9 Å². The molecule has 2 heterocycles. The van der Waals surface area contributed by atoms with Gasteiger partial charge in [0.15, 0.2) is 10.3 Å². The maximum absolute atomic E-state index is 12.6. The highest BCUT2D eigenvalue weighted by molar-refractivity contribution is 8.18. The van der Waals surface area contributed by atoms with Crippen molar-refractivity contribution in [1.29, 1.82) is 0 Å². The van der Waals surface area contributed by atoms with Crippen LogP contribution in [0.2, 0.25) is 5.15 Å². The van der Waals surface area contributed by atoms with Crippen molar-refractivity contribution in [2.24, 2.45) is 4.99 Å². The number of hydrogen-bond donors (Lipinski definition) is 0. The molecule has 1 aromatic carbocycles. The van der Waals surface area contributed by atoms with Gasteiger partial charge >= 0.3 is 0 Å². The van der Waals surface area contributed by atoms with E-state index in [0.717, 1.165) is 11.1 Å². The van der Waals surface area contributed by atoms with Crippen LogP contribution in [0.4, 0.5) is 11.4 Å². The molecule has 1 saturated heterocycles. The van der Waals surface area contributed by atoms with Crippen LogP contribution in [0, 0.1) is 10.1 Å². The number of non-ortho nitro benzene ring substituents is 1. The number of allylic oxidation sites excluding steroid dienone is 1. The molecule has 1 aromatic heterocycles.